The van der Waals surface area contributed by atoms with E-state index in [0.717, 1.165) is 0 Å². The predicted molar refractivity (Wildman–Crippen MR) is 64.9 cm³/mol. The quantitative estimate of drug-likeness (QED) is 0.313. The molecule has 4 N–H and O–H groups in total. The Bertz CT molecular complexity index is 531. The van der Waals surface area contributed by atoms with Gasteiger partial charge in [0.05, 0.1) is 12.8 Å². The van der Waals surface area contributed by atoms with E-state index in [1.54, 1.807) is 0 Å². The molecule has 0 aromatic carbocycles. The van der Waals surface area contributed by atoms with Gasteiger partial charge in [-0.25, -0.2) is 38.7 Å². The molecular weight excluding hydrogens is 320 g/mol. The average molecular weight is 334 g/mol. The third-order valence-electron chi connectivity index (χ3n) is 2.38. The van der Waals surface area contributed by atoms with Gasteiger partial charge in [0, 0.05) is 0 Å². The summed E-state index contributed by atoms with van der Waals surface area (Å²) in [6.45, 7) is 1.23. The highest BCUT2D eigenvalue weighted by atomic mass is 17.2. The van der Waals surface area contributed by atoms with E-state index in [9.17, 15) is 24.0 Å². The molecule has 0 aromatic rings. The zero-order valence-electron chi connectivity index (χ0n) is 11.9. The Balaban J connectivity index is 2.96. The Morgan fingerprint density at radius 1 is 1.04 bits per heavy atom. The van der Waals surface area contributed by atoms with E-state index in [1.165, 1.54) is 6.92 Å². The minimum atomic E-state index is -2.70. The van der Waals surface area contributed by atoms with Crippen molar-refractivity contribution in [2.24, 2.45) is 11.5 Å². The lowest BCUT2D eigenvalue weighted by Gasteiger charge is -2.25. The van der Waals surface area contributed by atoms with Gasteiger partial charge in [-0.15, -0.1) is 0 Å². The van der Waals surface area contributed by atoms with E-state index in [1.807, 2.05) is 0 Å². The van der Waals surface area contributed by atoms with E-state index in [-0.39, 0.29) is 0 Å². The Morgan fingerprint density at radius 2 is 1.52 bits per heavy atom. The number of ether oxygens (including phenoxy) is 1. The van der Waals surface area contributed by atoms with Crippen molar-refractivity contribution in [3.05, 3.63) is 0 Å². The van der Waals surface area contributed by atoms with Crippen LogP contribution in [0.25, 0.3) is 0 Å². The molecule has 1 aliphatic heterocycles. The van der Waals surface area contributed by atoms with E-state index < -0.39 is 60.9 Å². The number of hydrogen-bond acceptors (Lipinski definition) is 12. The second kappa shape index (κ2) is 7.51. The van der Waals surface area contributed by atoms with E-state index in [2.05, 4.69) is 24.3 Å². The monoisotopic (exact) mass is 334 g/mol. The van der Waals surface area contributed by atoms with Gasteiger partial charge in [-0.05, 0) is 6.92 Å². The van der Waals surface area contributed by atoms with Gasteiger partial charge in [0.25, 0.3) is 5.72 Å². The number of carbonyl (C=O) groups is 5. The van der Waals surface area contributed by atoms with E-state index in [0.29, 0.717) is 0 Å². The molecule has 2 atom stereocenters. The maximum absolute atomic E-state index is 11.8. The fourth-order valence-electron chi connectivity index (χ4n) is 1.20. The minimum Gasteiger partial charge on any atom is -0.430 e. The largest absolute Gasteiger partial charge is 0.430 e. The topological polar surface area (TPSA) is 184 Å². The highest BCUT2D eigenvalue weighted by molar-refractivity contribution is 5.89. The number of esters is 1. The molecule has 0 bridgehead atoms. The summed E-state index contributed by atoms with van der Waals surface area (Å²) in [7, 11) is 0. The molecule has 23 heavy (non-hydrogen) atoms. The number of carbonyl (C=O) groups excluding carboxylic acids is 5. The lowest BCUT2D eigenvalue weighted by Crippen LogP contribution is -2.56. The first-order valence-corrected chi connectivity index (χ1v) is 6.23. The summed E-state index contributed by atoms with van der Waals surface area (Å²) in [4.78, 5) is 73.5. The molecule has 0 aromatic heterocycles. The SMILES string of the molecule is CC(N)C(=O)OC1(N)CC(=O)OOC(=O)CCC(=O)OOC1=O. The minimum absolute atomic E-state index is 0.489. The standard InChI is InChI=1S/C11H14N2O10/c1-5(12)9(17)19-11(13)4-8(16)22-20-6(14)2-3-7(15)21-23-10(11)18/h5H,2-4,12-13H2,1H3. The van der Waals surface area contributed by atoms with Crippen molar-refractivity contribution in [3.63, 3.8) is 0 Å². The van der Waals surface area contributed by atoms with Gasteiger partial charge >= 0.3 is 29.8 Å². The van der Waals surface area contributed by atoms with Gasteiger partial charge < -0.3 is 10.5 Å². The highest BCUT2D eigenvalue weighted by Gasteiger charge is 2.46. The van der Waals surface area contributed by atoms with Crippen LogP contribution in [0, 0.1) is 0 Å². The Kier molecular flexibility index (Phi) is 5.98. The van der Waals surface area contributed by atoms with Gasteiger partial charge in [-0.1, -0.05) is 0 Å². The van der Waals surface area contributed by atoms with Crippen molar-refractivity contribution in [1.82, 2.24) is 0 Å². The first-order chi connectivity index (χ1) is 10.6. The molecule has 1 heterocycles. The van der Waals surface area contributed by atoms with Gasteiger partial charge in [0.15, 0.2) is 0 Å². The van der Waals surface area contributed by atoms with Crippen LogP contribution in [0.5, 0.6) is 0 Å². The number of hydrogen-bond donors (Lipinski definition) is 2. The summed E-state index contributed by atoms with van der Waals surface area (Å²) in [5, 5.41) is 0. The molecule has 1 fully saturated rings. The van der Waals surface area contributed by atoms with Gasteiger partial charge in [-0.2, -0.15) is 0 Å². The maximum Gasteiger partial charge on any atom is 0.414 e. The lowest BCUT2D eigenvalue weighted by atomic mass is 10.1. The molecule has 0 radical (unpaired) electrons. The van der Waals surface area contributed by atoms with Crippen LogP contribution in [-0.2, 0) is 48.3 Å². The summed E-state index contributed by atoms with van der Waals surface area (Å²) < 4.78 is 4.60. The normalized spacial score (nSPS) is 24.8. The summed E-state index contributed by atoms with van der Waals surface area (Å²) >= 11 is 0. The molecule has 0 amide bonds. The van der Waals surface area contributed by atoms with Crippen LogP contribution in [0.15, 0.2) is 0 Å². The van der Waals surface area contributed by atoms with Crippen LogP contribution in [-0.4, -0.2) is 41.6 Å². The molecule has 12 nitrogen and oxygen atoms in total. The smallest absolute Gasteiger partial charge is 0.414 e. The Labute approximate surface area is 128 Å². The molecule has 1 rings (SSSR count). The molecule has 0 spiro atoms. The third-order valence-corrected chi connectivity index (χ3v) is 2.38. The molecule has 0 saturated carbocycles. The molecule has 0 aliphatic carbocycles. The van der Waals surface area contributed by atoms with Gasteiger partial charge in [-0.3, -0.25) is 10.5 Å². The summed E-state index contributed by atoms with van der Waals surface area (Å²) in [6, 6.07) is -1.18. The molecule has 128 valence electrons. The molecule has 1 aliphatic rings. The summed E-state index contributed by atoms with van der Waals surface area (Å²) in [5.41, 5.74) is 8.04. The van der Waals surface area contributed by atoms with Gasteiger partial charge in [0.2, 0.25) is 0 Å². The van der Waals surface area contributed by atoms with Crippen molar-refractivity contribution < 1.29 is 48.3 Å². The first-order valence-electron chi connectivity index (χ1n) is 6.23. The molecule has 1 saturated heterocycles. The maximum atomic E-state index is 11.8. The second-order valence-electron chi connectivity index (χ2n) is 4.51. The molecule has 12 heteroatoms. The first kappa shape index (κ1) is 18.3. The van der Waals surface area contributed by atoms with Crippen LogP contribution in [0.4, 0.5) is 0 Å². The summed E-state index contributed by atoms with van der Waals surface area (Å²) in [6.07, 6.45) is -2.10. The molecule has 2 unspecified atom stereocenters. The van der Waals surface area contributed by atoms with Crippen LogP contribution in [0.3, 0.4) is 0 Å². The van der Waals surface area contributed by atoms with Crippen molar-refractivity contribution in [2.45, 2.75) is 38.0 Å². The zero-order valence-corrected chi connectivity index (χ0v) is 11.9. The van der Waals surface area contributed by atoms with Crippen LogP contribution >= 0.6 is 0 Å². The second-order valence-corrected chi connectivity index (χ2v) is 4.51. The number of nitrogens with two attached hydrogens (primary N) is 2. The third kappa shape index (κ3) is 5.52. The average Bonchev–Trinajstić information content (AvgIpc) is 2.47. The van der Waals surface area contributed by atoms with Crippen molar-refractivity contribution >= 4 is 29.8 Å². The van der Waals surface area contributed by atoms with Crippen molar-refractivity contribution in [3.8, 4) is 0 Å². The fraction of sp³-hybridized carbons (Fsp3) is 0.545. The highest BCUT2D eigenvalue weighted by Crippen LogP contribution is 2.16. The lowest BCUT2D eigenvalue weighted by molar-refractivity contribution is -0.279. The Hall–Kier alpha value is -2.73. The van der Waals surface area contributed by atoms with Crippen LogP contribution in [0.2, 0.25) is 0 Å². The summed E-state index contributed by atoms with van der Waals surface area (Å²) in [5.74, 6) is -6.20. The van der Waals surface area contributed by atoms with Crippen molar-refractivity contribution in [1.29, 1.82) is 0 Å². The van der Waals surface area contributed by atoms with Gasteiger partial charge in [0.1, 0.15) is 12.5 Å². The fourth-order valence-corrected chi connectivity index (χ4v) is 1.20. The number of rotatable bonds is 2. The zero-order chi connectivity index (χ0) is 17.6. The van der Waals surface area contributed by atoms with Crippen LogP contribution < -0.4 is 11.5 Å². The Morgan fingerprint density at radius 3 is 2.04 bits per heavy atom. The predicted octanol–water partition coefficient (Wildman–Crippen LogP) is -2.28. The molecular formula is C11H14N2O10. The van der Waals surface area contributed by atoms with E-state index in [4.69, 9.17) is 11.5 Å². The van der Waals surface area contributed by atoms with E-state index >= 15 is 0 Å². The van der Waals surface area contributed by atoms with Crippen LogP contribution in [0.1, 0.15) is 26.2 Å². The van der Waals surface area contributed by atoms with Crippen molar-refractivity contribution in [2.75, 3.05) is 0 Å².